The zero-order valence-corrected chi connectivity index (χ0v) is 12.9. The molecule has 0 N–H and O–H groups in total. The lowest BCUT2D eigenvalue weighted by molar-refractivity contribution is -0.697. The summed E-state index contributed by atoms with van der Waals surface area (Å²) in [5.74, 6) is 0. The van der Waals surface area contributed by atoms with Gasteiger partial charge in [0.05, 0.1) is 0 Å². The smallest absolute Gasteiger partial charge is 0.169 e. The van der Waals surface area contributed by atoms with E-state index in [0.717, 1.165) is 6.42 Å². The first-order valence-corrected chi connectivity index (χ1v) is 6.84. The Hall–Kier alpha value is -0.370. The summed E-state index contributed by atoms with van der Waals surface area (Å²) in [6.07, 6.45) is 13.8. The van der Waals surface area contributed by atoms with Gasteiger partial charge in [-0.15, -0.1) is 0 Å². The highest BCUT2D eigenvalue weighted by molar-refractivity contribution is 5.06. The molecule has 0 bridgehead atoms. The van der Waals surface area contributed by atoms with E-state index >= 15 is 0 Å². The van der Waals surface area contributed by atoms with Gasteiger partial charge >= 0.3 is 0 Å². The van der Waals surface area contributed by atoms with Crippen LogP contribution in [0.2, 0.25) is 0 Å². The predicted octanol–water partition coefficient (Wildman–Crippen LogP) is 0.901. The van der Waals surface area contributed by atoms with E-state index in [1.807, 2.05) is 0 Å². The molecule has 1 aromatic rings. The molecule has 1 rings (SSSR count). The molecule has 0 aliphatic rings. The van der Waals surface area contributed by atoms with Gasteiger partial charge in [0.1, 0.15) is 6.54 Å². The molecular weight excluding hydrogens is 274 g/mol. The molecule has 0 spiro atoms. The van der Waals surface area contributed by atoms with Crippen molar-refractivity contribution in [3.63, 3.8) is 0 Å². The van der Waals surface area contributed by atoms with E-state index in [2.05, 4.69) is 42.9 Å². The van der Waals surface area contributed by atoms with Crippen molar-refractivity contribution >= 4 is 0 Å². The van der Waals surface area contributed by atoms with Gasteiger partial charge in [-0.3, -0.25) is 0 Å². The van der Waals surface area contributed by atoms with Gasteiger partial charge in [-0.05, 0) is 18.4 Å². The number of aromatic nitrogens is 1. The Labute approximate surface area is 117 Å². The summed E-state index contributed by atoms with van der Waals surface area (Å²) in [5, 5.41) is 0. The molecule has 0 fully saturated rings. The van der Waals surface area contributed by atoms with Crippen LogP contribution in [0.3, 0.4) is 0 Å². The second-order valence-electron chi connectivity index (χ2n) is 4.57. The zero-order chi connectivity index (χ0) is 11.6. The Balaban J connectivity index is 0.00000256. The van der Waals surface area contributed by atoms with Crippen LogP contribution in [0.1, 0.15) is 57.9 Å². The lowest BCUT2D eigenvalue weighted by Crippen LogP contribution is -3.00. The van der Waals surface area contributed by atoms with E-state index in [0.29, 0.717) is 0 Å². The summed E-state index contributed by atoms with van der Waals surface area (Å²) < 4.78 is 2.30. The fraction of sp³-hybridized carbons (Fsp3) is 0.667. The number of pyridine rings is 1. The average Bonchev–Trinajstić information content (AvgIpc) is 2.34. The van der Waals surface area contributed by atoms with Crippen molar-refractivity contribution in [1.82, 2.24) is 0 Å². The molecule has 0 amide bonds. The summed E-state index contributed by atoms with van der Waals surface area (Å²) in [7, 11) is 0. The molecule has 1 aromatic heterocycles. The Morgan fingerprint density at radius 2 is 1.47 bits per heavy atom. The van der Waals surface area contributed by atoms with Crippen molar-refractivity contribution in [2.24, 2.45) is 0 Å². The summed E-state index contributed by atoms with van der Waals surface area (Å²) in [4.78, 5) is 0. The van der Waals surface area contributed by atoms with Crippen LogP contribution in [0.25, 0.3) is 0 Å². The summed E-state index contributed by atoms with van der Waals surface area (Å²) in [6.45, 7) is 5.65. The average molecular weight is 300 g/mol. The predicted molar refractivity (Wildman–Crippen MR) is 69.4 cm³/mol. The Bertz CT molecular complexity index is 269. The standard InChI is InChI=1S/C15H26N.BrH/c1-3-5-6-7-8-9-12-16-13-10-15(4-2)11-14-16;/h10-11,13-14H,3-9,12H2,1-2H3;1H/q+1;/p-1. The van der Waals surface area contributed by atoms with E-state index in [1.54, 1.807) is 0 Å². The maximum absolute atomic E-state index is 2.30. The van der Waals surface area contributed by atoms with E-state index in [1.165, 1.54) is 50.6 Å². The summed E-state index contributed by atoms with van der Waals surface area (Å²) in [6, 6.07) is 4.47. The van der Waals surface area contributed by atoms with Crippen molar-refractivity contribution in [2.45, 2.75) is 65.3 Å². The second-order valence-corrected chi connectivity index (χ2v) is 4.57. The van der Waals surface area contributed by atoms with Crippen LogP contribution in [0, 0.1) is 0 Å². The van der Waals surface area contributed by atoms with Crippen LogP contribution in [-0.2, 0) is 13.0 Å². The first-order valence-electron chi connectivity index (χ1n) is 6.84. The third kappa shape index (κ3) is 7.54. The maximum Gasteiger partial charge on any atom is 0.169 e. The van der Waals surface area contributed by atoms with Gasteiger partial charge in [0.25, 0.3) is 0 Å². The monoisotopic (exact) mass is 299 g/mol. The minimum absolute atomic E-state index is 0. The van der Waals surface area contributed by atoms with E-state index in [9.17, 15) is 0 Å². The lowest BCUT2D eigenvalue weighted by atomic mass is 10.1. The molecule has 0 saturated heterocycles. The van der Waals surface area contributed by atoms with Crippen molar-refractivity contribution in [3.8, 4) is 0 Å². The van der Waals surface area contributed by atoms with Crippen LogP contribution in [0.5, 0.6) is 0 Å². The molecule has 17 heavy (non-hydrogen) atoms. The van der Waals surface area contributed by atoms with Gasteiger partial charge < -0.3 is 17.0 Å². The van der Waals surface area contributed by atoms with Gasteiger partial charge in [0.2, 0.25) is 0 Å². The zero-order valence-electron chi connectivity index (χ0n) is 11.3. The molecule has 0 saturated carbocycles. The van der Waals surface area contributed by atoms with Crippen LogP contribution in [0.4, 0.5) is 0 Å². The van der Waals surface area contributed by atoms with Gasteiger partial charge in [0.15, 0.2) is 12.4 Å². The largest absolute Gasteiger partial charge is 1.00 e. The van der Waals surface area contributed by atoms with Crippen LogP contribution in [0.15, 0.2) is 24.5 Å². The third-order valence-corrected chi connectivity index (χ3v) is 3.14. The summed E-state index contributed by atoms with van der Waals surface area (Å²) in [5.41, 5.74) is 1.43. The number of hydrogen-bond acceptors (Lipinski definition) is 0. The molecule has 0 aromatic carbocycles. The first-order chi connectivity index (χ1) is 7.86. The van der Waals surface area contributed by atoms with E-state index in [-0.39, 0.29) is 17.0 Å². The van der Waals surface area contributed by atoms with Crippen LogP contribution < -0.4 is 21.5 Å². The van der Waals surface area contributed by atoms with Gasteiger partial charge in [-0.25, -0.2) is 4.57 Å². The van der Waals surface area contributed by atoms with Crippen molar-refractivity contribution in [1.29, 1.82) is 0 Å². The van der Waals surface area contributed by atoms with Crippen LogP contribution >= 0.6 is 0 Å². The minimum Gasteiger partial charge on any atom is -1.00 e. The highest BCUT2D eigenvalue weighted by atomic mass is 79.9. The van der Waals surface area contributed by atoms with Crippen LogP contribution in [-0.4, -0.2) is 0 Å². The number of nitrogens with zero attached hydrogens (tertiary/aromatic N) is 1. The Kier molecular flexibility index (Phi) is 10.5. The van der Waals surface area contributed by atoms with Gasteiger partial charge in [0, 0.05) is 18.6 Å². The normalized spacial score (nSPS) is 10.0. The van der Waals surface area contributed by atoms with Crippen molar-refractivity contribution < 1.29 is 21.5 Å². The van der Waals surface area contributed by atoms with Gasteiger partial charge in [-0.1, -0.05) is 39.5 Å². The Morgan fingerprint density at radius 3 is 2.06 bits per heavy atom. The molecule has 0 unspecified atom stereocenters. The number of unbranched alkanes of at least 4 members (excludes halogenated alkanes) is 5. The van der Waals surface area contributed by atoms with Crippen molar-refractivity contribution in [2.75, 3.05) is 0 Å². The number of rotatable bonds is 8. The molecule has 2 heteroatoms. The van der Waals surface area contributed by atoms with Crippen molar-refractivity contribution in [3.05, 3.63) is 30.1 Å². The first kappa shape index (κ1) is 16.6. The number of halogens is 1. The molecule has 0 radical (unpaired) electrons. The molecule has 0 aliphatic heterocycles. The van der Waals surface area contributed by atoms with E-state index in [4.69, 9.17) is 0 Å². The maximum atomic E-state index is 2.30. The lowest BCUT2D eigenvalue weighted by Gasteiger charge is -1.99. The molecule has 1 heterocycles. The second kappa shape index (κ2) is 10.8. The molecule has 0 atom stereocenters. The van der Waals surface area contributed by atoms with Gasteiger partial charge in [-0.2, -0.15) is 0 Å². The number of hydrogen-bond donors (Lipinski definition) is 0. The molecular formula is C15H26BrN. The molecule has 1 nitrogen and oxygen atoms in total. The third-order valence-electron chi connectivity index (χ3n) is 3.14. The highest BCUT2D eigenvalue weighted by Gasteiger charge is 1.99. The fourth-order valence-corrected chi connectivity index (χ4v) is 1.95. The minimum atomic E-state index is 0. The Morgan fingerprint density at radius 1 is 0.882 bits per heavy atom. The van der Waals surface area contributed by atoms with E-state index < -0.39 is 0 Å². The molecule has 98 valence electrons. The topological polar surface area (TPSA) is 3.88 Å². The number of aryl methyl sites for hydroxylation is 2. The summed E-state index contributed by atoms with van der Waals surface area (Å²) >= 11 is 0. The quantitative estimate of drug-likeness (QED) is 0.496. The highest BCUT2D eigenvalue weighted by Crippen LogP contribution is 2.04. The molecule has 0 aliphatic carbocycles. The fourth-order valence-electron chi connectivity index (χ4n) is 1.95. The SMILES string of the molecule is CCCCCCCC[n+]1ccc(CC)cc1.[Br-].